The Bertz CT molecular complexity index is 618. The zero-order chi connectivity index (χ0) is 9.54. The molecule has 0 saturated heterocycles. The Morgan fingerprint density at radius 2 is 2.13 bits per heavy atom. The number of nitrogens with zero attached hydrogens (tertiary/aromatic N) is 2. The predicted octanol–water partition coefficient (Wildman–Crippen LogP) is 2.42. The van der Waals surface area contributed by atoms with E-state index in [1.54, 1.807) is 24.5 Å². The van der Waals surface area contributed by atoms with Crippen molar-refractivity contribution in [2.24, 2.45) is 0 Å². The van der Waals surface area contributed by atoms with E-state index >= 15 is 0 Å². The van der Waals surface area contributed by atoms with E-state index in [-0.39, 0.29) is 26.9 Å². The molecule has 0 bridgehead atoms. The number of fused-ring (bicyclic) bond motifs is 3. The summed E-state index contributed by atoms with van der Waals surface area (Å²) in [5, 5.41) is 1.28. The second kappa shape index (κ2) is 3.74. The van der Waals surface area contributed by atoms with Crippen molar-refractivity contribution in [2.75, 3.05) is 0 Å². The number of hydrogen-bond acceptors (Lipinski definition) is 1. The van der Waals surface area contributed by atoms with Crippen molar-refractivity contribution in [3.05, 3.63) is 48.7 Å². The average molecular weight is 380 g/mol. The van der Waals surface area contributed by atoms with E-state index in [4.69, 9.17) is 0 Å². The van der Waals surface area contributed by atoms with E-state index in [2.05, 4.69) is 11.1 Å². The summed E-state index contributed by atoms with van der Waals surface area (Å²) in [6, 6.07) is 7.71. The first-order chi connectivity index (χ1) is 6.86. The number of hydrogen-bond donors (Lipinski definition) is 0. The molecule has 0 radical (unpaired) electrons. The SMILES string of the molecule is Fc1cc[c-]c2c1ccn1ccnc21.[Pt]. The van der Waals surface area contributed by atoms with Gasteiger partial charge in [0.15, 0.2) is 0 Å². The first kappa shape index (κ1) is 10.3. The summed E-state index contributed by atoms with van der Waals surface area (Å²) in [4.78, 5) is 4.15. The summed E-state index contributed by atoms with van der Waals surface area (Å²) >= 11 is 0. The molecule has 15 heavy (non-hydrogen) atoms. The third kappa shape index (κ3) is 1.47. The first-order valence-corrected chi connectivity index (χ1v) is 4.28. The van der Waals surface area contributed by atoms with Crippen LogP contribution in [0, 0.1) is 11.9 Å². The topological polar surface area (TPSA) is 17.3 Å². The van der Waals surface area contributed by atoms with Crippen LogP contribution in [0.3, 0.4) is 0 Å². The molecule has 0 amide bonds. The Balaban J connectivity index is 0.000000853. The summed E-state index contributed by atoms with van der Waals surface area (Å²) in [6.07, 6.45) is 5.31. The molecule has 0 fully saturated rings. The standard InChI is InChI=1S/C11H6FN2.Pt/c12-10-3-1-2-9-8(10)4-6-14-7-5-13-11(9)14;/h1,3-7H;/q-1;. The molecular formula is C11H6FN2Pt-. The van der Waals surface area contributed by atoms with Gasteiger partial charge in [-0.3, -0.25) is 4.98 Å². The fraction of sp³-hybridized carbons (Fsp3) is 0. The van der Waals surface area contributed by atoms with Gasteiger partial charge >= 0.3 is 0 Å². The third-order valence-corrected chi connectivity index (χ3v) is 2.28. The molecule has 0 aliphatic heterocycles. The molecule has 3 rings (SSSR count). The fourth-order valence-corrected chi connectivity index (χ4v) is 1.61. The van der Waals surface area contributed by atoms with E-state index in [1.807, 2.05) is 10.6 Å². The van der Waals surface area contributed by atoms with Crippen LogP contribution in [0.5, 0.6) is 0 Å². The van der Waals surface area contributed by atoms with Crippen molar-refractivity contribution >= 4 is 16.4 Å². The number of imidazole rings is 1. The summed E-state index contributed by atoms with van der Waals surface area (Å²) in [7, 11) is 0. The quantitative estimate of drug-likeness (QED) is 0.548. The number of aromatic nitrogens is 2. The maximum atomic E-state index is 13.4. The second-order valence-electron chi connectivity index (χ2n) is 3.09. The molecular weight excluding hydrogens is 374 g/mol. The fourth-order valence-electron chi connectivity index (χ4n) is 1.61. The van der Waals surface area contributed by atoms with E-state index in [1.165, 1.54) is 6.07 Å². The minimum Gasteiger partial charge on any atom is -0.347 e. The Kier molecular flexibility index (Phi) is 2.57. The molecule has 2 aromatic heterocycles. The largest absolute Gasteiger partial charge is 0.347 e. The van der Waals surface area contributed by atoms with E-state index in [0.29, 0.717) is 5.39 Å². The molecule has 0 unspecified atom stereocenters. The van der Waals surface area contributed by atoms with Crippen molar-refractivity contribution in [1.82, 2.24) is 9.38 Å². The number of benzene rings is 1. The molecule has 2 heterocycles. The predicted molar refractivity (Wildman–Crippen MR) is 51.5 cm³/mol. The Labute approximate surface area is 100 Å². The molecule has 0 atom stereocenters. The molecule has 3 aromatic rings. The van der Waals surface area contributed by atoms with Gasteiger partial charge in [0.25, 0.3) is 0 Å². The van der Waals surface area contributed by atoms with Gasteiger partial charge in [0.1, 0.15) is 0 Å². The summed E-state index contributed by atoms with van der Waals surface area (Å²) in [5.41, 5.74) is 0.738. The van der Waals surface area contributed by atoms with Crippen LogP contribution in [0.2, 0.25) is 0 Å². The Morgan fingerprint density at radius 3 is 3.00 bits per heavy atom. The van der Waals surface area contributed by atoms with Crippen molar-refractivity contribution in [1.29, 1.82) is 0 Å². The molecule has 0 spiro atoms. The van der Waals surface area contributed by atoms with Gasteiger partial charge in [-0.25, -0.2) is 4.39 Å². The van der Waals surface area contributed by atoms with E-state index < -0.39 is 0 Å². The van der Waals surface area contributed by atoms with Crippen molar-refractivity contribution < 1.29 is 25.5 Å². The number of rotatable bonds is 0. The van der Waals surface area contributed by atoms with Crippen molar-refractivity contribution in [3.63, 3.8) is 0 Å². The molecule has 0 aliphatic carbocycles. The van der Waals surface area contributed by atoms with E-state index in [9.17, 15) is 4.39 Å². The zero-order valence-electron chi connectivity index (χ0n) is 7.55. The normalized spacial score (nSPS) is 10.5. The first-order valence-electron chi connectivity index (χ1n) is 4.28. The van der Waals surface area contributed by atoms with Gasteiger partial charge in [-0.05, 0) is 6.20 Å². The minimum absolute atomic E-state index is 0. The second-order valence-corrected chi connectivity index (χ2v) is 3.09. The van der Waals surface area contributed by atoms with Crippen LogP contribution in [0.25, 0.3) is 16.4 Å². The molecule has 78 valence electrons. The Morgan fingerprint density at radius 1 is 1.27 bits per heavy atom. The molecule has 2 nitrogen and oxygen atoms in total. The van der Waals surface area contributed by atoms with Crippen LogP contribution in [0.1, 0.15) is 0 Å². The zero-order valence-corrected chi connectivity index (χ0v) is 9.82. The smallest absolute Gasteiger partial charge is 0.0604 e. The third-order valence-electron chi connectivity index (χ3n) is 2.28. The number of halogens is 1. The number of pyridine rings is 1. The van der Waals surface area contributed by atoms with Gasteiger partial charge in [0.05, 0.1) is 5.65 Å². The summed E-state index contributed by atoms with van der Waals surface area (Å²) < 4.78 is 15.2. The van der Waals surface area contributed by atoms with Crippen LogP contribution >= 0.6 is 0 Å². The van der Waals surface area contributed by atoms with Crippen LogP contribution in [-0.4, -0.2) is 9.38 Å². The van der Waals surface area contributed by atoms with Crippen LogP contribution in [0.4, 0.5) is 4.39 Å². The molecule has 0 aliphatic rings. The van der Waals surface area contributed by atoms with Gasteiger partial charge in [-0.15, -0.1) is 18.2 Å². The maximum Gasteiger partial charge on any atom is 0.0604 e. The molecule has 1 aromatic carbocycles. The van der Waals surface area contributed by atoms with Gasteiger partial charge in [0, 0.05) is 39.3 Å². The van der Waals surface area contributed by atoms with Gasteiger partial charge in [0.2, 0.25) is 0 Å². The monoisotopic (exact) mass is 380 g/mol. The van der Waals surface area contributed by atoms with Gasteiger partial charge in [-0.2, -0.15) is 0 Å². The van der Waals surface area contributed by atoms with Crippen LogP contribution in [0.15, 0.2) is 36.8 Å². The van der Waals surface area contributed by atoms with Gasteiger partial charge < -0.3 is 4.40 Å². The van der Waals surface area contributed by atoms with Crippen molar-refractivity contribution in [3.8, 4) is 0 Å². The summed E-state index contributed by atoms with van der Waals surface area (Å²) in [6.45, 7) is 0. The maximum absolute atomic E-state index is 13.4. The van der Waals surface area contributed by atoms with Crippen LogP contribution < -0.4 is 0 Å². The van der Waals surface area contributed by atoms with E-state index in [0.717, 1.165) is 11.0 Å². The molecule has 4 heteroatoms. The minimum atomic E-state index is -0.232. The average Bonchev–Trinajstić information content (AvgIpc) is 2.66. The van der Waals surface area contributed by atoms with Crippen molar-refractivity contribution in [2.45, 2.75) is 0 Å². The van der Waals surface area contributed by atoms with Crippen LogP contribution in [-0.2, 0) is 21.1 Å². The summed E-state index contributed by atoms with van der Waals surface area (Å²) in [5.74, 6) is -0.232. The molecule has 0 N–H and O–H groups in total. The molecule has 0 saturated carbocycles. The van der Waals surface area contributed by atoms with Gasteiger partial charge in [-0.1, -0.05) is 16.8 Å². The Hall–Kier alpha value is -1.21.